The van der Waals surface area contributed by atoms with Crippen LogP contribution in [0.25, 0.3) is 0 Å². The van der Waals surface area contributed by atoms with E-state index >= 15 is 0 Å². The number of rotatable bonds is 3. The Morgan fingerprint density at radius 3 is 2.64 bits per heavy atom. The van der Waals surface area contributed by atoms with Crippen molar-refractivity contribution in [3.8, 4) is 11.8 Å². The summed E-state index contributed by atoms with van der Waals surface area (Å²) in [5, 5.41) is 13.7. The SMILES string of the molecule is N#CCOc1ccc([C@H]2Nc3c(Cl)ccc(Cl)c3[C@H]3C=CC[C@@H]32)cc1. The molecule has 1 aliphatic carbocycles. The molecule has 0 fully saturated rings. The highest BCUT2D eigenvalue weighted by molar-refractivity contribution is 6.36. The van der Waals surface area contributed by atoms with Crippen LogP contribution in [0.15, 0.2) is 48.6 Å². The monoisotopic (exact) mass is 370 g/mol. The largest absolute Gasteiger partial charge is 0.479 e. The summed E-state index contributed by atoms with van der Waals surface area (Å²) in [5.74, 6) is 1.36. The van der Waals surface area contributed by atoms with Gasteiger partial charge in [-0.1, -0.05) is 47.5 Å². The van der Waals surface area contributed by atoms with E-state index in [1.54, 1.807) is 0 Å². The highest BCUT2D eigenvalue weighted by Crippen LogP contribution is 2.53. The van der Waals surface area contributed by atoms with Gasteiger partial charge >= 0.3 is 0 Å². The molecule has 0 spiro atoms. The van der Waals surface area contributed by atoms with Gasteiger partial charge in [-0.2, -0.15) is 5.26 Å². The van der Waals surface area contributed by atoms with E-state index in [2.05, 4.69) is 17.5 Å². The Morgan fingerprint density at radius 2 is 1.88 bits per heavy atom. The predicted molar refractivity (Wildman–Crippen MR) is 100 cm³/mol. The fraction of sp³-hybridized carbons (Fsp3) is 0.250. The Balaban J connectivity index is 1.70. The van der Waals surface area contributed by atoms with Crippen LogP contribution in [0.2, 0.25) is 10.0 Å². The lowest BCUT2D eigenvalue weighted by molar-refractivity contribution is 0.367. The molecule has 2 aromatic carbocycles. The van der Waals surface area contributed by atoms with Gasteiger partial charge in [0.25, 0.3) is 0 Å². The molecule has 0 radical (unpaired) electrons. The molecule has 2 aliphatic rings. The van der Waals surface area contributed by atoms with Crippen LogP contribution in [0.1, 0.15) is 29.5 Å². The normalized spacial score (nSPS) is 23.3. The first-order chi connectivity index (χ1) is 12.2. The molecule has 0 saturated carbocycles. The maximum Gasteiger partial charge on any atom is 0.174 e. The first kappa shape index (κ1) is 16.3. The van der Waals surface area contributed by atoms with E-state index in [1.807, 2.05) is 42.5 Å². The number of hydrogen-bond acceptors (Lipinski definition) is 3. The molecule has 4 rings (SSSR count). The number of ether oxygens (including phenoxy) is 1. The number of allylic oxidation sites excluding steroid dienone is 2. The average Bonchev–Trinajstić information content (AvgIpc) is 3.12. The minimum atomic E-state index is 0.0527. The van der Waals surface area contributed by atoms with Crippen LogP contribution in [-0.2, 0) is 0 Å². The lowest BCUT2D eigenvalue weighted by Crippen LogP contribution is -2.29. The van der Waals surface area contributed by atoms with Gasteiger partial charge in [0, 0.05) is 16.5 Å². The summed E-state index contributed by atoms with van der Waals surface area (Å²) >= 11 is 12.9. The smallest absolute Gasteiger partial charge is 0.174 e. The van der Waals surface area contributed by atoms with Crippen LogP contribution >= 0.6 is 23.2 Å². The fourth-order valence-electron chi connectivity index (χ4n) is 3.85. The van der Waals surface area contributed by atoms with E-state index in [4.69, 9.17) is 33.2 Å². The molecule has 1 aliphatic heterocycles. The van der Waals surface area contributed by atoms with Crippen LogP contribution in [0, 0.1) is 17.2 Å². The molecular formula is C20H16Cl2N2O. The molecule has 1 heterocycles. The van der Waals surface area contributed by atoms with Crippen molar-refractivity contribution in [2.45, 2.75) is 18.4 Å². The van der Waals surface area contributed by atoms with E-state index in [0.717, 1.165) is 22.7 Å². The van der Waals surface area contributed by atoms with Crippen LogP contribution in [0.5, 0.6) is 5.75 Å². The minimum Gasteiger partial charge on any atom is -0.479 e. The van der Waals surface area contributed by atoms with Gasteiger partial charge in [0.05, 0.1) is 16.8 Å². The zero-order valence-electron chi connectivity index (χ0n) is 13.4. The van der Waals surface area contributed by atoms with Crippen molar-refractivity contribution in [1.82, 2.24) is 0 Å². The van der Waals surface area contributed by atoms with Gasteiger partial charge in [0.2, 0.25) is 0 Å². The van der Waals surface area contributed by atoms with Crippen molar-refractivity contribution in [3.05, 3.63) is 69.7 Å². The molecule has 3 nitrogen and oxygen atoms in total. The van der Waals surface area contributed by atoms with Crippen molar-refractivity contribution in [2.75, 3.05) is 11.9 Å². The van der Waals surface area contributed by atoms with Gasteiger partial charge in [0.15, 0.2) is 6.61 Å². The lowest BCUT2D eigenvalue weighted by atomic mass is 9.77. The zero-order chi connectivity index (χ0) is 17.4. The summed E-state index contributed by atoms with van der Waals surface area (Å²) in [6, 6.07) is 13.7. The molecule has 0 amide bonds. The number of nitriles is 1. The number of benzene rings is 2. The molecule has 126 valence electrons. The maximum atomic E-state index is 8.61. The first-order valence-corrected chi connectivity index (χ1v) is 8.95. The third kappa shape index (κ3) is 2.86. The standard InChI is InChI=1S/C20H16Cl2N2O/c21-16-8-9-17(22)20-18(16)14-2-1-3-15(14)19(24-20)12-4-6-13(7-5-12)25-11-10-23/h1-2,4-9,14-15,19,24H,3,11H2/t14-,15-,19+/m0/s1. The van der Waals surface area contributed by atoms with Gasteiger partial charge in [0.1, 0.15) is 11.8 Å². The summed E-state index contributed by atoms with van der Waals surface area (Å²) in [5.41, 5.74) is 3.19. The van der Waals surface area contributed by atoms with E-state index in [-0.39, 0.29) is 18.6 Å². The van der Waals surface area contributed by atoms with E-state index in [1.165, 1.54) is 5.56 Å². The van der Waals surface area contributed by atoms with Gasteiger partial charge < -0.3 is 10.1 Å². The highest BCUT2D eigenvalue weighted by atomic mass is 35.5. The van der Waals surface area contributed by atoms with Crippen LogP contribution < -0.4 is 10.1 Å². The predicted octanol–water partition coefficient (Wildman–Crippen LogP) is 5.72. The molecule has 5 heteroatoms. The van der Waals surface area contributed by atoms with Gasteiger partial charge in [-0.25, -0.2) is 0 Å². The second-order valence-corrected chi connectivity index (χ2v) is 7.12. The summed E-state index contributed by atoms with van der Waals surface area (Å²) in [6.45, 7) is 0.0527. The van der Waals surface area contributed by atoms with Crippen LogP contribution in [-0.4, -0.2) is 6.61 Å². The van der Waals surface area contributed by atoms with Gasteiger partial charge in [-0.15, -0.1) is 0 Å². The molecule has 25 heavy (non-hydrogen) atoms. The van der Waals surface area contributed by atoms with E-state index in [9.17, 15) is 0 Å². The maximum absolute atomic E-state index is 8.61. The highest BCUT2D eigenvalue weighted by Gasteiger charge is 2.39. The number of fused-ring (bicyclic) bond motifs is 3. The second-order valence-electron chi connectivity index (χ2n) is 6.31. The van der Waals surface area contributed by atoms with E-state index < -0.39 is 0 Å². The third-order valence-corrected chi connectivity index (χ3v) is 5.60. The number of nitrogens with zero attached hydrogens (tertiary/aromatic N) is 1. The Hall–Kier alpha value is -2.15. The fourth-order valence-corrected chi connectivity index (χ4v) is 4.35. The lowest BCUT2D eigenvalue weighted by Gasteiger charge is -2.38. The summed E-state index contributed by atoms with van der Waals surface area (Å²) in [4.78, 5) is 0. The first-order valence-electron chi connectivity index (χ1n) is 8.20. The number of anilines is 1. The minimum absolute atomic E-state index is 0.0527. The molecule has 0 aromatic heterocycles. The zero-order valence-corrected chi connectivity index (χ0v) is 14.9. The van der Waals surface area contributed by atoms with Crippen molar-refractivity contribution < 1.29 is 4.74 Å². The number of nitrogens with one attached hydrogen (secondary N) is 1. The van der Waals surface area contributed by atoms with E-state index in [0.29, 0.717) is 16.7 Å². The number of halogens is 2. The molecule has 0 bridgehead atoms. The Kier molecular flexibility index (Phi) is 4.33. The van der Waals surface area contributed by atoms with Crippen molar-refractivity contribution in [2.24, 2.45) is 5.92 Å². The summed E-state index contributed by atoms with van der Waals surface area (Å²) < 4.78 is 5.34. The molecule has 2 aromatic rings. The van der Waals surface area contributed by atoms with Gasteiger partial charge in [-0.05, 0) is 42.2 Å². The molecule has 0 unspecified atom stereocenters. The van der Waals surface area contributed by atoms with Crippen LogP contribution in [0.3, 0.4) is 0 Å². The molecule has 3 atom stereocenters. The van der Waals surface area contributed by atoms with Crippen molar-refractivity contribution >= 4 is 28.9 Å². The van der Waals surface area contributed by atoms with Crippen LogP contribution in [0.4, 0.5) is 5.69 Å². The second kappa shape index (κ2) is 6.63. The molecular weight excluding hydrogens is 355 g/mol. The quantitative estimate of drug-likeness (QED) is 0.702. The molecule has 0 saturated heterocycles. The van der Waals surface area contributed by atoms with Crippen molar-refractivity contribution in [3.63, 3.8) is 0 Å². The Labute approximate surface area is 156 Å². The number of hydrogen-bond donors (Lipinski definition) is 1. The Morgan fingerprint density at radius 1 is 1.12 bits per heavy atom. The Bertz CT molecular complexity index is 871. The molecule has 1 N–H and O–H groups in total. The topological polar surface area (TPSA) is 45.0 Å². The van der Waals surface area contributed by atoms with Gasteiger partial charge in [-0.3, -0.25) is 0 Å². The third-order valence-electron chi connectivity index (χ3n) is 4.96. The summed E-state index contributed by atoms with van der Waals surface area (Å²) in [6.07, 6.45) is 5.46. The average molecular weight is 371 g/mol. The summed E-state index contributed by atoms with van der Waals surface area (Å²) in [7, 11) is 0. The van der Waals surface area contributed by atoms with Crippen molar-refractivity contribution in [1.29, 1.82) is 5.26 Å².